The lowest BCUT2D eigenvalue weighted by Crippen LogP contribution is -2.08. The third kappa shape index (κ3) is 2.38. The lowest BCUT2D eigenvalue weighted by atomic mass is 10.2. The number of rotatable bonds is 4. The first-order chi connectivity index (χ1) is 6.60. The molecule has 3 nitrogen and oxygen atoms in total. The van der Waals surface area contributed by atoms with Crippen LogP contribution < -0.4 is 0 Å². The number of carbonyl (C=O) groups excluding carboxylic acids is 1. The van der Waals surface area contributed by atoms with Gasteiger partial charge in [-0.05, 0) is 12.1 Å². The Morgan fingerprint density at radius 2 is 2.07 bits per heavy atom. The molecule has 0 aliphatic carbocycles. The molecule has 0 bridgehead atoms. The molecule has 0 radical (unpaired) electrons. The average molecular weight is 216 g/mol. The van der Waals surface area contributed by atoms with E-state index in [1.807, 2.05) is 0 Å². The van der Waals surface area contributed by atoms with Crippen molar-refractivity contribution in [2.75, 3.05) is 12.4 Å². The molecule has 0 aliphatic rings. The molecule has 0 aromatic heterocycles. The summed E-state index contributed by atoms with van der Waals surface area (Å²) in [6.07, 6.45) is 0.550. The summed E-state index contributed by atoms with van der Waals surface area (Å²) < 4.78 is 34.6. The van der Waals surface area contributed by atoms with E-state index < -0.39 is 22.3 Å². The highest BCUT2D eigenvalue weighted by Crippen LogP contribution is 2.12. The van der Waals surface area contributed by atoms with Crippen molar-refractivity contribution in [3.63, 3.8) is 0 Å². The zero-order chi connectivity index (χ0) is 10.6. The second-order valence-corrected chi connectivity index (χ2v) is 4.81. The topological polar surface area (TPSA) is 51.2 Å². The predicted molar refractivity (Wildman–Crippen MR) is 49.9 cm³/mol. The molecule has 5 heteroatoms. The molecule has 14 heavy (non-hydrogen) atoms. The largest absolute Gasteiger partial charge is 0.298 e. The number of hydrogen-bond acceptors (Lipinski definition) is 3. The normalized spacial score (nSPS) is 11.2. The monoisotopic (exact) mass is 216 g/mol. The summed E-state index contributed by atoms with van der Waals surface area (Å²) in [6, 6.07) is 5.52. The molecule has 0 N–H and O–H groups in total. The number of halogens is 1. The summed E-state index contributed by atoms with van der Waals surface area (Å²) >= 11 is 0. The Balaban J connectivity index is 3.13. The highest BCUT2D eigenvalue weighted by molar-refractivity contribution is 7.91. The fourth-order valence-corrected chi connectivity index (χ4v) is 2.04. The van der Waals surface area contributed by atoms with Gasteiger partial charge < -0.3 is 0 Å². The predicted octanol–water partition coefficient (Wildman–Crippen LogP) is 1.24. The Kier molecular flexibility index (Phi) is 3.35. The highest BCUT2D eigenvalue weighted by atomic mass is 32.2. The third-order valence-corrected chi connectivity index (χ3v) is 3.36. The molecule has 0 saturated carbocycles. The van der Waals surface area contributed by atoms with Crippen molar-refractivity contribution in [3.05, 3.63) is 29.8 Å². The second kappa shape index (κ2) is 4.32. The van der Waals surface area contributed by atoms with E-state index >= 15 is 0 Å². The van der Waals surface area contributed by atoms with Gasteiger partial charge in [-0.15, -0.1) is 0 Å². The van der Waals surface area contributed by atoms with Crippen molar-refractivity contribution in [2.45, 2.75) is 4.90 Å². The van der Waals surface area contributed by atoms with Crippen LogP contribution in [0.5, 0.6) is 0 Å². The fraction of sp³-hybridized carbons (Fsp3) is 0.222. The van der Waals surface area contributed by atoms with Crippen LogP contribution in [0.1, 0.15) is 10.4 Å². The third-order valence-electron chi connectivity index (χ3n) is 1.70. The van der Waals surface area contributed by atoms with E-state index in [-0.39, 0.29) is 10.5 Å². The zero-order valence-corrected chi connectivity index (χ0v) is 8.13. The van der Waals surface area contributed by atoms with Crippen LogP contribution in [0, 0.1) is 0 Å². The summed E-state index contributed by atoms with van der Waals surface area (Å²) in [5, 5.41) is 0. The van der Waals surface area contributed by atoms with E-state index in [0.29, 0.717) is 6.29 Å². The maximum absolute atomic E-state index is 11.9. The van der Waals surface area contributed by atoms with Gasteiger partial charge in [-0.3, -0.25) is 4.79 Å². The van der Waals surface area contributed by atoms with Crippen molar-refractivity contribution >= 4 is 16.1 Å². The molecule has 0 spiro atoms. The van der Waals surface area contributed by atoms with Gasteiger partial charge in [0, 0.05) is 5.56 Å². The van der Waals surface area contributed by atoms with Crippen molar-refractivity contribution in [1.82, 2.24) is 0 Å². The Morgan fingerprint density at radius 3 is 2.64 bits per heavy atom. The van der Waals surface area contributed by atoms with Crippen molar-refractivity contribution in [2.24, 2.45) is 0 Å². The minimum Gasteiger partial charge on any atom is -0.298 e. The van der Waals surface area contributed by atoms with Gasteiger partial charge in [-0.2, -0.15) is 0 Å². The van der Waals surface area contributed by atoms with Crippen LogP contribution in [0.25, 0.3) is 0 Å². The van der Waals surface area contributed by atoms with Gasteiger partial charge in [-0.25, -0.2) is 12.8 Å². The summed E-state index contributed by atoms with van der Waals surface area (Å²) in [4.78, 5) is 10.4. The van der Waals surface area contributed by atoms with E-state index in [1.165, 1.54) is 24.3 Å². The number of aldehydes is 1. The molecule has 0 fully saturated rings. The van der Waals surface area contributed by atoms with Gasteiger partial charge in [0.05, 0.1) is 10.6 Å². The summed E-state index contributed by atoms with van der Waals surface area (Å²) in [6.45, 7) is -0.923. The van der Waals surface area contributed by atoms with Crippen LogP contribution in [-0.2, 0) is 9.84 Å². The maximum atomic E-state index is 11.9. The minimum absolute atomic E-state index is 0.0141. The lowest BCUT2D eigenvalue weighted by molar-refractivity contribution is 0.112. The molecule has 1 aromatic rings. The van der Waals surface area contributed by atoms with Crippen LogP contribution in [0.2, 0.25) is 0 Å². The molecule has 0 aliphatic heterocycles. The van der Waals surface area contributed by atoms with Crippen LogP contribution in [0.4, 0.5) is 4.39 Å². The van der Waals surface area contributed by atoms with Gasteiger partial charge in [0.1, 0.15) is 13.0 Å². The molecule has 1 rings (SSSR count). The average Bonchev–Trinajstić information content (AvgIpc) is 2.18. The van der Waals surface area contributed by atoms with E-state index in [1.54, 1.807) is 0 Å². The van der Waals surface area contributed by atoms with Crippen LogP contribution in [-0.4, -0.2) is 27.1 Å². The van der Waals surface area contributed by atoms with Gasteiger partial charge in [0.2, 0.25) is 0 Å². The molecule has 1 aromatic carbocycles. The summed E-state index contributed by atoms with van der Waals surface area (Å²) in [5.41, 5.74) is 0.268. The second-order valence-electron chi connectivity index (χ2n) is 2.70. The van der Waals surface area contributed by atoms with E-state index in [0.717, 1.165) is 0 Å². The van der Waals surface area contributed by atoms with Crippen LogP contribution in [0.3, 0.4) is 0 Å². The standard InChI is InChI=1S/C9H9FO3S/c10-4-5-14(12,13)9-3-1-2-8(6-9)7-11/h1-3,6-7H,4-5H2. The van der Waals surface area contributed by atoms with E-state index in [4.69, 9.17) is 0 Å². The minimum atomic E-state index is -3.58. The first-order valence-corrected chi connectivity index (χ1v) is 5.59. The molecular weight excluding hydrogens is 207 g/mol. The molecule has 76 valence electrons. The van der Waals surface area contributed by atoms with Crippen LogP contribution >= 0.6 is 0 Å². The van der Waals surface area contributed by atoms with Crippen molar-refractivity contribution in [3.8, 4) is 0 Å². The smallest absolute Gasteiger partial charge is 0.180 e. The number of hydrogen-bond donors (Lipinski definition) is 0. The molecule has 0 unspecified atom stereocenters. The van der Waals surface area contributed by atoms with E-state index in [2.05, 4.69) is 0 Å². The molecular formula is C9H9FO3S. The lowest BCUT2D eigenvalue weighted by Gasteiger charge is -2.01. The van der Waals surface area contributed by atoms with E-state index in [9.17, 15) is 17.6 Å². The van der Waals surface area contributed by atoms with Crippen LogP contribution in [0.15, 0.2) is 29.2 Å². The van der Waals surface area contributed by atoms with Crippen molar-refractivity contribution in [1.29, 1.82) is 0 Å². The first kappa shape index (κ1) is 10.8. The van der Waals surface area contributed by atoms with Gasteiger partial charge in [0.15, 0.2) is 9.84 Å². The Bertz CT molecular complexity index is 425. The first-order valence-electron chi connectivity index (χ1n) is 3.94. The Labute approximate surface area is 81.5 Å². The molecule has 0 heterocycles. The maximum Gasteiger partial charge on any atom is 0.180 e. The SMILES string of the molecule is O=Cc1cccc(S(=O)(=O)CCF)c1. The summed E-state index contributed by atoms with van der Waals surface area (Å²) in [7, 11) is -3.58. The Hall–Kier alpha value is -1.23. The van der Waals surface area contributed by atoms with Gasteiger partial charge >= 0.3 is 0 Å². The highest BCUT2D eigenvalue weighted by Gasteiger charge is 2.13. The number of carbonyl (C=O) groups is 1. The molecule has 0 saturated heterocycles. The van der Waals surface area contributed by atoms with Gasteiger partial charge in [0.25, 0.3) is 0 Å². The molecule has 0 atom stereocenters. The zero-order valence-electron chi connectivity index (χ0n) is 7.31. The number of benzene rings is 1. The fourth-order valence-electron chi connectivity index (χ4n) is 1.00. The number of sulfone groups is 1. The van der Waals surface area contributed by atoms with Gasteiger partial charge in [-0.1, -0.05) is 12.1 Å². The summed E-state index contributed by atoms with van der Waals surface area (Å²) in [5.74, 6) is -0.546. The molecule has 0 amide bonds. The Morgan fingerprint density at radius 1 is 1.36 bits per heavy atom. The number of alkyl halides is 1. The van der Waals surface area contributed by atoms with Crippen molar-refractivity contribution < 1.29 is 17.6 Å². The quantitative estimate of drug-likeness (QED) is 0.711.